The number of benzene rings is 23. The largest absolute Gasteiger partial charge is 0.309 e. The highest BCUT2D eigenvalue weighted by Gasteiger charge is 2.33. The van der Waals surface area contributed by atoms with Crippen molar-refractivity contribution < 1.29 is 0 Å². The summed E-state index contributed by atoms with van der Waals surface area (Å²) < 4.78 is 7.34. The van der Waals surface area contributed by atoms with Gasteiger partial charge in [-0.05, 0) is 164 Å². The zero-order valence-electron chi connectivity index (χ0n) is 76.0. The molecule has 0 amide bonds. The standard InChI is InChI=1S/2C46H27N3.C40H23N3/c1-3-13-29(14-4-1)45-42-36-21-10-9-20-33(36)40(27-37(42)47-46(48-45)30-15-5-2-6-16-30)49-38-24-12-23-35-32-19-8-7-18-31(32)34-22-11-17-28-25-26-39(49)44(41(28)34)43(35)38;1-3-13-29(14-4-1)44-37-27-40(33-20-9-10-21-36(33)45(37)48-46(47-44)30-15-5-2-6-16-30)49-38-24-12-23-35-32-19-8-7-18-31(32)34-22-11-17-28-25-26-39(49)43(41(28)34)42(35)38;1-2-11-26(12-3-1)39-41-38-27-14-5-4-10-24(27)20-22-32(38)40(42-39)43-33-19-9-18-31-29-16-7-6-15-28(29)30-17-8-13-25-21-23-34(43)37(35(25)30)36(31)33/h2*1-27H;1-23H. The van der Waals surface area contributed by atoms with Crippen LogP contribution in [0.2, 0.25) is 0 Å². The molecule has 6 aromatic heterocycles. The van der Waals surface area contributed by atoms with E-state index in [0.29, 0.717) is 0 Å². The second kappa shape index (κ2) is 30.8. The fraction of sp³-hybridized carbons (Fsp3) is 0. The highest BCUT2D eigenvalue weighted by molar-refractivity contribution is 6.35. The molecule has 32 rings (SSSR count). The van der Waals surface area contributed by atoms with E-state index in [1.165, 1.54) is 164 Å². The third-order valence-electron chi connectivity index (χ3n) is 29.7. The highest BCUT2D eigenvalue weighted by atomic mass is 15.1. The lowest BCUT2D eigenvalue weighted by molar-refractivity contribution is 1.08. The Morgan fingerprint density at radius 1 is 0.149 bits per heavy atom. The van der Waals surface area contributed by atoms with E-state index in [0.717, 1.165) is 139 Å². The van der Waals surface area contributed by atoms with E-state index in [1.54, 1.807) is 0 Å². The van der Waals surface area contributed by atoms with Crippen molar-refractivity contribution in [3.05, 3.63) is 467 Å². The summed E-state index contributed by atoms with van der Waals surface area (Å²) in [5.74, 6) is 3.08. The van der Waals surface area contributed by atoms with Gasteiger partial charge in [0.2, 0.25) is 0 Å². The fourth-order valence-electron chi connectivity index (χ4n) is 23.8. The molecule has 9 nitrogen and oxygen atoms in total. The van der Waals surface area contributed by atoms with Crippen LogP contribution in [0.5, 0.6) is 0 Å². The first-order chi connectivity index (χ1) is 70.0. The Morgan fingerprint density at radius 2 is 0.454 bits per heavy atom. The zero-order chi connectivity index (χ0) is 92.2. The number of hydrogen-bond donors (Lipinski definition) is 0. The van der Waals surface area contributed by atoms with Crippen molar-refractivity contribution in [1.29, 1.82) is 0 Å². The number of fused-ring (bicyclic) bond motifs is 18. The molecule has 3 aliphatic rings. The lowest BCUT2D eigenvalue weighted by Crippen LogP contribution is -2.03. The second-order valence-corrected chi connectivity index (χ2v) is 37.2. The van der Waals surface area contributed by atoms with Crippen LogP contribution in [-0.2, 0) is 0 Å². The molecule has 9 heteroatoms. The summed E-state index contributed by atoms with van der Waals surface area (Å²) in [6, 6.07) is 168. The van der Waals surface area contributed by atoms with Crippen molar-refractivity contribution in [2.45, 2.75) is 0 Å². The van der Waals surface area contributed by atoms with Crippen molar-refractivity contribution in [1.82, 2.24) is 43.6 Å². The highest BCUT2D eigenvalue weighted by Crippen LogP contribution is 2.56. The SMILES string of the molecule is c1ccc(-c2nc(-c3ccccc3)c3c(cc(-n4c5cccc6c5c5c7c(cccc7ccc54)-c4ccccc4-6)c4ccccc43)n2)cc1.c1ccc(-c2nc(-c3ccccc3)c3cc(-n4c5cccc6c5c5c7c(cccc7ccc54)-c4ccccc4-6)c4ccccc4c3n2)cc1.c1ccc(-c2nc(-n3c4cccc5c4c4c6c(cccc6ccc43)-c3ccccc3-5)c3ccc4ccccc4c3n2)cc1. The van der Waals surface area contributed by atoms with Gasteiger partial charge in [-0.2, -0.15) is 0 Å². The van der Waals surface area contributed by atoms with Gasteiger partial charge < -0.3 is 9.13 Å². The van der Waals surface area contributed by atoms with Crippen molar-refractivity contribution in [2.24, 2.45) is 0 Å². The molecule has 6 heterocycles. The van der Waals surface area contributed by atoms with Crippen LogP contribution >= 0.6 is 0 Å². The number of hydrogen-bond acceptors (Lipinski definition) is 6. The molecule has 0 saturated heterocycles. The maximum Gasteiger partial charge on any atom is 0.162 e. The lowest BCUT2D eigenvalue weighted by Gasteiger charge is -2.17. The monoisotopic (exact) mass is 1790 g/mol. The normalized spacial score (nSPS) is 12.1. The summed E-state index contributed by atoms with van der Waals surface area (Å²) >= 11 is 0. The van der Waals surface area contributed by atoms with Gasteiger partial charge in [0.05, 0.1) is 72.4 Å². The molecule has 0 bridgehead atoms. The number of rotatable bonds is 8. The molecule has 0 unspecified atom stereocenters. The van der Waals surface area contributed by atoms with Gasteiger partial charge in [0.1, 0.15) is 5.82 Å². The third kappa shape index (κ3) is 11.7. The predicted octanol–water partition coefficient (Wildman–Crippen LogP) is 34.4. The van der Waals surface area contributed by atoms with E-state index in [4.69, 9.17) is 29.9 Å². The Bertz CT molecular complexity index is 10400. The Hall–Kier alpha value is -19.0. The summed E-state index contributed by atoms with van der Waals surface area (Å²) in [5, 5.41) is 25.4. The van der Waals surface area contributed by atoms with Crippen LogP contribution in [0.1, 0.15) is 0 Å². The van der Waals surface area contributed by atoms with Gasteiger partial charge in [-0.1, -0.05) is 413 Å². The van der Waals surface area contributed by atoms with Gasteiger partial charge in [0.15, 0.2) is 17.5 Å². The second-order valence-electron chi connectivity index (χ2n) is 37.2. The Labute approximate surface area is 808 Å². The van der Waals surface area contributed by atoms with E-state index in [-0.39, 0.29) is 0 Å². The molecule has 0 aliphatic heterocycles. The van der Waals surface area contributed by atoms with E-state index >= 15 is 0 Å². The van der Waals surface area contributed by atoms with Gasteiger partial charge in [0.25, 0.3) is 0 Å². The van der Waals surface area contributed by atoms with Crippen molar-refractivity contribution in [2.75, 3.05) is 0 Å². The number of aromatic nitrogens is 9. The van der Waals surface area contributed by atoms with Crippen molar-refractivity contribution in [3.8, 4) is 141 Å². The van der Waals surface area contributed by atoms with Crippen molar-refractivity contribution in [3.63, 3.8) is 0 Å². The molecule has 141 heavy (non-hydrogen) atoms. The molecule has 3 aliphatic carbocycles. The minimum Gasteiger partial charge on any atom is -0.309 e. The molecular weight excluding hydrogens is 1710 g/mol. The minimum absolute atomic E-state index is 0.722. The quantitative estimate of drug-likeness (QED) is 0.141. The lowest BCUT2D eigenvalue weighted by atomic mass is 9.93. The molecule has 0 radical (unpaired) electrons. The van der Waals surface area contributed by atoms with E-state index in [9.17, 15) is 0 Å². The molecule has 0 N–H and O–H groups in total. The topological polar surface area (TPSA) is 92.1 Å². The summed E-state index contributed by atoms with van der Waals surface area (Å²) in [5.41, 5.74) is 34.5. The van der Waals surface area contributed by atoms with E-state index in [1.807, 2.05) is 42.5 Å². The molecule has 23 aromatic carbocycles. The van der Waals surface area contributed by atoms with Gasteiger partial charge in [-0.25, -0.2) is 29.9 Å². The molecule has 0 atom stereocenters. The van der Waals surface area contributed by atoms with E-state index < -0.39 is 0 Å². The first-order valence-corrected chi connectivity index (χ1v) is 48.2. The fourth-order valence-corrected chi connectivity index (χ4v) is 23.8. The van der Waals surface area contributed by atoms with Crippen LogP contribution in [-0.4, -0.2) is 43.6 Å². The van der Waals surface area contributed by atoms with Crippen LogP contribution in [0.4, 0.5) is 0 Å². The Kier molecular flexibility index (Phi) is 17.1. The predicted molar refractivity (Wildman–Crippen MR) is 587 cm³/mol. The first-order valence-electron chi connectivity index (χ1n) is 48.2. The molecule has 650 valence electrons. The van der Waals surface area contributed by atoms with Crippen LogP contribution in [0.25, 0.3) is 303 Å². The maximum atomic E-state index is 5.37. The Balaban J connectivity index is 0.0000000994. The van der Waals surface area contributed by atoms with Crippen molar-refractivity contribution >= 4 is 163 Å². The first kappa shape index (κ1) is 78.4. The Morgan fingerprint density at radius 3 is 0.915 bits per heavy atom. The summed E-state index contributed by atoms with van der Waals surface area (Å²) in [7, 11) is 0. The summed E-state index contributed by atoms with van der Waals surface area (Å²) in [4.78, 5) is 31.7. The average molecular weight is 1790 g/mol. The van der Waals surface area contributed by atoms with Gasteiger partial charge in [0, 0.05) is 97.8 Å². The molecule has 0 spiro atoms. The van der Waals surface area contributed by atoms with Crippen LogP contribution in [0.3, 0.4) is 0 Å². The van der Waals surface area contributed by atoms with Crippen LogP contribution < -0.4 is 0 Å². The van der Waals surface area contributed by atoms with Gasteiger partial charge in [-0.15, -0.1) is 0 Å². The molecule has 29 aromatic rings. The van der Waals surface area contributed by atoms with Crippen LogP contribution in [0.15, 0.2) is 467 Å². The maximum absolute atomic E-state index is 5.37. The van der Waals surface area contributed by atoms with E-state index in [2.05, 4.69) is 438 Å². The summed E-state index contributed by atoms with van der Waals surface area (Å²) in [6.07, 6.45) is 0. The molecular formula is C132H77N9. The molecule has 0 fully saturated rings. The average Bonchev–Trinajstić information content (AvgIpc) is 1.55. The third-order valence-corrected chi connectivity index (χ3v) is 29.7. The van der Waals surface area contributed by atoms with Crippen LogP contribution in [0, 0.1) is 0 Å². The smallest absolute Gasteiger partial charge is 0.162 e. The summed E-state index contributed by atoms with van der Waals surface area (Å²) in [6.45, 7) is 0. The van der Waals surface area contributed by atoms with Gasteiger partial charge >= 0.3 is 0 Å². The minimum atomic E-state index is 0.722. The zero-order valence-corrected chi connectivity index (χ0v) is 76.0. The number of nitrogens with zero attached hydrogens (tertiary/aromatic N) is 9. The van der Waals surface area contributed by atoms with Gasteiger partial charge in [-0.3, -0.25) is 4.57 Å². The molecule has 0 saturated carbocycles.